The quantitative estimate of drug-likeness (QED) is 0.448. The minimum absolute atomic E-state index is 0.339. The van der Waals surface area contributed by atoms with E-state index in [0.29, 0.717) is 12.1 Å². The fourth-order valence-corrected chi connectivity index (χ4v) is 7.20. The van der Waals surface area contributed by atoms with E-state index in [1.165, 1.54) is 54.9 Å². The van der Waals surface area contributed by atoms with Crippen LogP contribution in [0.4, 0.5) is 0 Å². The topological polar surface area (TPSA) is 21.3 Å². The first-order valence-electron chi connectivity index (χ1n) is 11.8. The van der Waals surface area contributed by atoms with Gasteiger partial charge in [0.15, 0.2) is 0 Å². The largest absolute Gasteiger partial charge is 0.488 e. The van der Waals surface area contributed by atoms with Gasteiger partial charge in [-0.05, 0) is 79.2 Å². The van der Waals surface area contributed by atoms with Crippen LogP contribution in [0.25, 0.3) is 10.8 Å². The lowest BCUT2D eigenvalue weighted by Crippen LogP contribution is -2.58. The Morgan fingerprint density at radius 3 is 2.26 bits per heavy atom. The molecular weight excluding hydrogens is 402 g/mol. The van der Waals surface area contributed by atoms with Crippen LogP contribution in [0.3, 0.4) is 0 Å². The number of halogens is 1. The van der Waals surface area contributed by atoms with Gasteiger partial charge in [0.25, 0.3) is 0 Å². The molecule has 7 rings (SSSR count). The Morgan fingerprint density at radius 2 is 1.52 bits per heavy atom. The average Bonchev–Trinajstić information content (AvgIpc) is 2.76. The third-order valence-electron chi connectivity index (χ3n) is 8.02. The van der Waals surface area contributed by atoms with Crippen LogP contribution in [0, 0.1) is 17.8 Å². The molecule has 4 fully saturated rings. The molecule has 3 aromatic carbocycles. The van der Waals surface area contributed by atoms with Crippen molar-refractivity contribution in [1.82, 2.24) is 5.32 Å². The summed E-state index contributed by atoms with van der Waals surface area (Å²) in [4.78, 5) is 0. The fraction of sp³-hybridized carbons (Fsp3) is 0.429. The van der Waals surface area contributed by atoms with Crippen LogP contribution in [0.2, 0.25) is 5.02 Å². The fourth-order valence-electron chi connectivity index (χ4n) is 7.01. The summed E-state index contributed by atoms with van der Waals surface area (Å²) in [5.74, 6) is 3.81. The van der Waals surface area contributed by atoms with Gasteiger partial charge in [-0.15, -0.1) is 0 Å². The van der Waals surface area contributed by atoms with E-state index in [0.717, 1.165) is 40.6 Å². The predicted molar refractivity (Wildman–Crippen MR) is 127 cm³/mol. The Kier molecular flexibility index (Phi) is 4.96. The minimum Gasteiger partial charge on any atom is -0.488 e. The van der Waals surface area contributed by atoms with E-state index >= 15 is 0 Å². The number of fused-ring (bicyclic) bond motifs is 1. The maximum atomic E-state index is 6.37. The molecule has 0 amide bonds. The molecule has 0 spiro atoms. The Balaban J connectivity index is 1.28. The van der Waals surface area contributed by atoms with E-state index in [1.807, 2.05) is 24.3 Å². The number of benzene rings is 3. The third-order valence-corrected chi connectivity index (χ3v) is 8.39. The zero-order chi connectivity index (χ0) is 20.8. The van der Waals surface area contributed by atoms with Crippen LogP contribution < -0.4 is 10.1 Å². The van der Waals surface area contributed by atoms with Crippen LogP contribution in [-0.4, -0.2) is 5.54 Å². The number of ether oxygens (including phenoxy) is 1. The van der Waals surface area contributed by atoms with E-state index in [2.05, 4.69) is 41.7 Å². The SMILES string of the molecule is Clc1ccccc1COc1ccc2ccccc2c1CNC12CC3CC(CC(C3)C1)C2. The van der Waals surface area contributed by atoms with Gasteiger partial charge in [0.1, 0.15) is 12.4 Å². The third kappa shape index (κ3) is 3.75. The summed E-state index contributed by atoms with van der Waals surface area (Å²) in [6.07, 6.45) is 8.50. The molecule has 0 aliphatic heterocycles. The van der Waals surface area contributed by atoms with Gasteiger partial charge in [-0.3, -0.25) is 0 Å². The Labute approximate surface area is 189 Å². The average molecular weight is 432 g/mol. The molecule has 0 saturated heterocycles. The van der Waals surface area contributed by atoms with Crippen molar-refractivity contribution in [2.24, 2.45) is 17.8 Å². The molecule has 2 nitrogen and oxygen atoms in total. The van der Waals surface area contributed by atoms with Crippen molar-refractivity contribution < 1.29 is 4.74 Å². The molecule has 0 radical (unpaired) electrons. The number of rotatable bonds is 6. The van der Waals surface area contributed by atoms with Crippen LogP contribution >= 0.6 is 11.6 Å². The lowest BCUT2D eigenvalue weighted by Gasteiger charge is -2.57. The molecule has 4 aliphatic carbocycles. The zero-order valence-corrected chi connectivity index (χ0v) is 18.7. The molecule has 0 unspecified atom stereocenters. The molecule has 1 N–H and O–H groups in total. The molecule has 0 heterocycles. The molecule has 4 saturated carbocycles. The van der Waals surface area contributed by atoms with Gasteiger partial charge >= 0.3 is 0 Å². The first-order chi connectivity index (χ1) is 15.2. The van der Waals surface area contributed by atoms with E-state index < -0.39 is 0 Å². The van der Waals surface area contributed by atoms with Crippen LogP contribution in [0.15, 0.2) is 60.7 Å². The standard InChI is InChI=1S/C28H30ClNO/c29-26-8-4-2-6-23(26)18-31-27-10-9-22-5-1-3-7-24(22)25(27)17-30-28-14-19-11-20(15-28)13-21(12-19)16-28/h1-10,19-21,30H,11-18H2. The molecular formula is C28H30ClNO. The zero-order valence-electron chi connectivity index (χ0n) is 17.9. The molecule has 4 aliphatic rings. The highest BCUT2D eigenvalue weighted by Gasteiger charge is 2.50. The second-order valence-electron chi connectivity index (χ2n) is 10.2. The van der Waals surface area contributed by atoms with Gasteiger partial charge in [0, 0.05) is 28.2 Å². The maximum Gasteiger partial charge on any atom is 0.124 e. The van der Waals surface area contributed by atoms with Crippen molar-refractivity contribution in [3.8, 4) is 5.75 Å². The molecule has 3 aromatic rings. The van der Waals surface area contributed by atoms with E-state index in [9.17, 15) is 0 Å². The number of nitrogens with one attached hydrogen (secondary N) is 1. The van der Waals surface area contributed by atoms with Crippen molar-refractivity contribution in [3.05, 3.63) is 76.8 Å². The molecule has 160 valence electrons. The van der Waals surface area contributed by atoms with Gasteiger partial charge in [-0.25, -0.2) is 0 Å². The van der Waals surface area contributed by atoms with Crippen LogP contribution in [0.5, 0.6) is 5.75 Å². The van der Waals surface area contributed by atoms with Crippen molar-refractivity contribution in [3.63, 3.8) is 0 Å². The number of hydrogen-bond acceptors (Lipinski definition) is 2. The van der Waals surface area contributed by atoms with Crippen molar-refractivity contribution in [1.29, 1.82) is 0 Å². The van der Waals surface area contributed by atoms with E-state index in [-0.39, 0.29) is 0 Å². The molecule has 3 heteroatoms. The lowest BCUT2D eigenvalue weighted by atomic mass is 9.53. The minimum atomic E-state index is 0.339. The summed E-state index contributed by atoms with van der Waals surface area (Å²) in [5, 5.41) is 7.40. The van der Waals surface area contributed by atoms with Gasteiger partial charge in [-0.1, -0.05) is 60.1 Å². The normalized spacial score (nSPS) is 28.9. The summed E-state index contributed by atoms with van der Waals surface area (Å²) < 4.78 is 6.36. The summed E-state index contributed by atoms with van der Waals surface area (Å²) in [6, 6.07) is 20.9. The molecule has 0 aromatic heterocycles. The maximum absolute atomic E-state index is 6.37. The highest BCUT2D eigenvalue weighted by Crippen LogP contribution is 2.55. The first kappa shape index (κ1) is 19.6. The summed E-state index contributed by atoms with van der Waals surface area (Å²) in [7, 11) is 0. The van der Waals surface area contributed by atoms with Gasteiger partial charge < -0.3 is 10.1 Å². The highest BCUT2D eigenvalue weighted by atomic mass is 35.5. The number of hydrogen-bond donors (Lipinski definition) is 1. The smallest absolute Gasteiger partial charge is 0.124 e. The van der Waals surface area contributed by atoms with E-state index in [4.69, 9.17) is 16.3 Å². The summed E-state index contributed by atoms with van der Waals surface area (Å²) >= 11 is 6.37. The molecule has 31 heavy (non-hydrogen) atoms. The first-order valence-corrected chi connectivity index (χ1v) is 12.2. The second-order valence-corrected chi connectivity index (χ2v) is 10.6. The Morgan fingerprint density at radius 1 is 0.839 bits per heavy atom. The molecule has 4 bridgehead atoms. The summed E-state index contributed by atoms with van der Waals surface area (Å²) in [6.45, 7) is 1.35. The van der Waals surface area contributed by atoms with Gasteiger partial charge in [0.05, 0.1) is 0 Å². The predicted octanol–water partition coefficient (Wildman–Crippen LogP) is 7.13. The highest BCUT2D eigenvalue weighted by molar-refractivity contribution is 6.31. The monoisotopic (exact) mass is 431 g/mol. The van der Waals surface area contributed by atoms with Crippen LogP contribution in [0.1, 0.15) is 49.7 Å². The molecule has 0 atom stereocenters. The van der Waals surface area contributed by atoms with Gasteiger partial charge in [-0.2, -0.15) is 0 Å². The van der Waals surface area contributed by atoms with Crippen molar-refractivity contribution in [2.75, 3.05) is 0 Å². The van der Waals surface area contributed by atoms with Crippen molar-refractivity contribution >= 4 is 22.4 Å². The van der Waals surface area contributed by atoms with Crippen LogP contribution in [-0.2, 0) is 13.2 Å². The Hall–Kier alpha value is -2.03. The van der Waals surface area contributed by atoms with Gasteiger partial charge in [0.2, 0.25) is 0 Å². The van der Waals surface area contributed by atoms with Crippen molar-refractivity contribution in [2.45, 2.75) is 57.2 Å². The second kappa shape index (κ2) is 7.83. The lowest BCUT2D eigenvalue weighted by molar-refractivity contribution is -0.0206. The summed E-state index contributed by atoms with van der Waals surface area (Å²) in [5.41, 5.74) is 2.64. The Bertz CT molecular complexity index is 1070. The van der Waals surface area contributed by atoms with E-state index in [1.54, 1.807) is 0 Å².